The van der Waals surface area contributed by atoms with Crippen LogP contribution in [0.5, 0.6) is 11.5 Å². The van der Waals surface area contributed by atoms with Crippen LogP contribution in [0.25, 0.3) is 6.08 Å². The fourth-order valence-corrected chi connectivity index (χ4v) is 6.49. The van der Waals surface area contributed by atoms with Crippen molar-refractivity contribution in [3.63, 3.8) is 0 Å². The number of aromatic nitrogens is 2. The van der Waals surface area contributed by atoms with E-state index in [0.717, 1.165) is 27.3 Å². The zero-order valence-electron chi connectivity index (χ0n) is 31.4. The lowest BCUT2D eigenvalue weighted by Crippen LogP contribution is -2.38. The highest BCUT2D eigenvalue weighted by molar-refractivity contribution is 5.91. The van der Waals surface area contributed by atoms with Gasteiger partial charge in [-0.2, -0.15) is 13.2 Å². The molecule has 13 nitrogen and oxygen atoms in total. The Morgan fingerprint density at radius 1 is 0.860 bits per heavy atom. The van der Waals surface area contributed by atoms with E-state index >= 15 is 0 Å². The Balaban J connectivity index is 1.25. The van der Waals surface area contributed by atoms with Gasteiger partial charge in [0.2, 0.25) is 5.91 Å². The predicted octanol–water partition coefficient (Wildman–Crippen LogP) is 4.58. The van der Waals surface area contributed by atoms with Gasteiger partial charge in [-0.1, -0.05) is 67.4 Å². The second-order valence-electron chi connectivity index (χ2n) is 13.3. The second-order valence-corrected chi connectivity index (χ2v) is 13.3. The largest absolute Gasteiger partial charge is 0.497 e. The summed E-state index contributed by atoms with van der Waals surface area (Å²) in [5.74, 6) is -1.18. The molecular weight excluding hydrogens is 749 g/mol. The summed E-state index contributed by atoms with van der Waals surface area (Å²) in [6.45, 7) is 0.0610. The molecule has 0 spiro atoms. The molecule has 4 N–H and O–H groups in total. The van der Waals surface area contributed by atoms with Crippen LogP contribution < -0.4 is 31.4 Å². The summed E-state index contributed by atoms with van der Waals surface area (Å²) in [6, 6.07) is 24.5. The second kappa shape index (κ2) is 19.4. The highest BCUT2D eigenvalue weighted by atomic mass is 19.4. The molecule has 1 fully saturated rings. The third-order valence-corrected chi connectivity index (χ3v) is 9.51. The zero-order chi connectivity index (χ0) is 41.0. The maximum atomic E-state index is 13.0. The van der Waals surface area contributed by atoms with Crippen LogP contribution in [-0.2, 0) is 24.7 Å². The monoisotopic (exact) mass is 794 g/mol. The van der Waals surface area contributed by atoms with Gasteiger partial charge in [0.05, 0.1) is 32.5 Å². The molecule has 0 bridgehead atoms. The standard InChI is InChI=1S/C41H45F3N4O9/c1-54-31-17-13-29(14-18-31)40(28-10-6-5-7-11-28,30-15-19-32(55-2)20-16-30)56-26-34-33(49)24-36(57-34)48-25-27(37(51)47-39(48)53)12-21-35(50)45-22-8-3-4-9-23-46-38(52)41(42,43)44/h5-7,10-21,25,33-34,36,49H,3-4,8-9,22-24,26H2,1-2H3,(H,45,50)(H,46,52)(H,47,51,53)/t33-,34+,36+/m0/s1. The van der Waals surface area contributed by atoms with Crippen LogP contribution >= 0.6 is 0 Å². The van der Waals surface area contributed by atoms with E-state index in [1.165, 1.54) is 12.3 Å². The van der Waals surface area contributed by atoms with Crippen LogP contribution in [0.3, 0.4) is 0 Å². The van der Waals surface area contributed by atoms with Crippen molar-refractivity contribution in [2.75, 3.05) is 33.9 Å². The number of nitrogens with zero attached hydrogens (tertiary/aromatic N) is 1. The number of H-pyrrole nitrogens is 1. The number of hydrogen-bond donors (Lipinski definition) is 4. The first-order valence-electron chi connectivity index (χ1n) is 18.3. The van der Waals surface area contributed by atoms with Crippen molar-refractivity contribution in [2.45, 2.75) is 62.3 Å². The summed E-state index contributed by atoms with van der Waals surface area (Å²) in [5, 5.41) is 15.7. The van der Waals surface area contributed by atoms with Gasteiger partial charge in [0.25, 0.3) is 5.56 Å². The van der Waals surface area contributed by atoms with Crippen LogP contribution in [0, 0.1) is 0 Å². The quantitative estimate of drug-likeness (QED) is 0.0640. The number of halogens is 3. The molecule has 3 atom stereocenters. The molecule has 2 heterocycles. The van der Waals surface area contributed by atoms with E-state index in [1.807, 2.05) is 84.2 Å². The van der Waals surface area contributed by atoms with Gasteiger partial charge in [-0.15, -0.1) is 0 Å². The number of benzene rings is 3. The van der Waals surface area contributed by atoms with Crippen LogP contribution in [0.15, 0.2) is 101 Å². The number of alkyl halides is 3. The molecule has 1 saturated heterocycles. The van der Waals surface area contributed by atoms with Gasteiger partial charge in [-0.05, 0) is 59.9 Å². The summed E-state index contributed by atoms with van der Waals surface area (Å²) < 4.78 is 61.8. The van der Waals surface area contributed by atoms with E-state index in [1.54, 1.807) is 14.2 Å². The van der Waals surface area contributed by atoms with Gasteiger partial charge in [0.15, 0.2) is 0 Å². The van der Waals surface area contributed by atoms with Gasteiger partial charge in [-0.25, -0.2) is 4.79 Å². The van der Waals surface area contributed by atoms with E-state index in [0.29, 0.717) is 37.2 Å². The van der Waals surface area contributed by atoms with Crippen molar-refractivity contribution >= 4 is 17.9 Å². The van der Waals surface area contributed by atoms with E-state index in [-0.39, 0.29) is 31.7 Å². The SMILES string of the molecule is COc1ccc(C(OC[C@H]2O[C@@H](n3cc(C=CC(=O)NCCCCCCNC(=O)C(F)(F)F)c(=O)[nH]c3=O)C[C@@H]2O)(c2ccccc2)c2ccc(OC)cc2)cc1. The number of methoxy groups -OCH3 is 2. The fraction of sp³-hybridized carbons (Fsp3) is 0.366. The number of aliphatic hydroxyl groups is 1. The molecular formula is C41H45F3N4O9. The number of hydrogen-bond acceptors (Lipinski definition) is 9. The Morgan fingerprint density at radius 2 is 1.42 bits per heavy atom. The Bertz CT molecular complexity index is 2040. The number of nitrogens with one attached hydrogen (secondary N) is 3. The molecule has 1 aliphatic rings. The number of ether oxygens (including phenoxy) is 4. The molecule has 1 aliphatic heterocycles. The van der Waals surface area contributed by atoms with E-state index in [4.69, 9.17) is 18.9 Å². The van der Waals surface area contributed by atoms with Crippen LogP contribution in [0.4, 0.5) is 13.2 Å². The number of amides is 2. The van der Waals surface area contributed by atoms with Gasteiger partial charge in [-0.3, -0.25) is 23.9 Å². The number of rotatable bonds is 18. The normalized spacial score (nSPS) is 17.1. The molecule has 4 aromatic rings. The lowest BCUT2D eigenvalue weighted by atomic mass is 9.80. The van der Waals surface area contributed by atoms with Crippen molar-refractivity contribution in [1.29, 1.82) is 0 Å². The summed E-state index contributed by atoms with van der Waals surface area (Å²) in [5.41, 5.74) is -0.350. The first-order valence-corrected chi connectivity index (χ1v) is 18.3. The molecule has 57 heavy (non-hydrogen) atoms. The van der Waals surface area contributed by atoms with Gasteiger partial charge in [0.1, 0.15) is 29.4 Å². The minimum absolute atomic E-state index is 0.00171. The molecule has 16 heteroatoms. The predicted molar refractivity (Wildman–Crippen MR) is 204 cm³/mol. The Morgan fingerprint density at radius 3 is 1.98 bits per heavy atom. The highest BCUT2D eigenvalue weighted by Gasteiger charge is 2.42. The fourth-order valence-electron chi connectivity index (χ4n) is 6.49. The average molecular weight is 795 g/mol. The smallest absolute Gasteiger partial charge is 0.471 e. The summed E-state index contributed by atoms with van der Waals surface area (Å²) in [6.07, 6.45) is -2.16. The van der Waals surface area contributed by atoms with E-state index in [2.05, 4.69) is 10.3 Å². The number of aliphatic hydroxyl groups excluding tert-OH is 1. The van der Waals surface area contributed by atoms with E-state index < -0.39 is 53.3 Å². The Kier molecular flexibility index (Phi) is 14.5. The number of carbonyl (C=O) groups is 2. The van der Waals surface area contributed by atoms with Crippen molar-refractivity contribution in [3.05, 3.63) is 134 Å². The summed E-state index contributed by atoms with van der Waals surface area (Å²) >= 11 is 0. The first-order chi connectivity index (χ1) is 27.3. The molecule has 1 aromatic heterocycles. The lowest BCUT2D eigenvalue weighted by molar-refractivity contribution is -0.173. The van der Waals surface area contributed by atoms with Crippen LogP contribution in [-0.4, -0.2) is 78.8 Å². The van der Waals surface area contributed by atoms with Gasteiger partial charge in [0, 0.05) is 31.8 Å². The number of unbranched alkanes of at least 4 members (excludes halogenated alkanes) is 3. The highest BCUT2D eigenvalue weighted by Crippen LogP contribution is 2.42. The third kappa shape index (κ3) is 10.8. The number of aromatic amines is 1. The zero-order valence-corrected chi connectivity index (χ0v) is 31.4. The Labute approximate surface area is 326 Å². The minimum atomic E-state index is -4.92. The lowest BCUT2D eigenvalue weighted by Gasteiger charge is -2.37. The molecule has 0 saturated carbocycles. The van der Waals surface area contributed by atoms with Crippen molar-refractivity contribution < 1.29 is 46.8 Å². The number of carbonyl (C=O) groups excluding carboxylic acids is 2. The molecule has 5 rings (SSSR count). The summed E-state index contributed by atoms with van der Waals surface area (Å²) in [7, 11) is 3.16. The Hall–Kier alpha value is -5.71. The molecule has 2 amide bonds. The maximum absolute atomic E-state index is 13.0. The molecule has 0 unspecified atom stereocenters. The van der Waals surface area contributed by atoms with Crippen molar-refractivity contribution in [1.82, 2.24) is 20.2 Å². The third-order valence-electron chi connectivity index (χ3n) is 9.51. The first kappa shape index (κ1) is 42.4. The molecule has 304 valence electrons. The molecule has 0 aliphatic carbocycles. The maximum Gasteiger partial charge on any atom is 0.471 e. The van der Waals surface area contributed by atoms with Crippen molar-refractivity contribution in [3.8, 4) is 11.5 Å². The van der Waals surface area contributed by atoms with Crippen LogP contribution in [0.1, 0.15) is 60.6 Å². The van der Waals surface area contributed by atoms with Gasteiger partial charge < -0.3 is 34.7 Å². The van der Waals surface area contributed by atoms with Crippen molar-refractivity contribution in [2.24, 2.45) is 0 Å². The molecule has 0 radical (unpaired) electrons. The van der Waals surface area contributed by atoms with Gasteiger partial charge >= 0.3 is 17.8 Å². The topological polar surface area (TPSA) is 170 Å². The average Bonchev–Trinajstić information content (AvgIpc) is 3.58. The minimum Gasteiger partial charge on any atom is -0.497 e. The molecule has 3 aromatic carbocycles. The summed E-state index contributed by atoms with van der Waals surface area (Å²) in [4.78, 5) is 51.1. The van der Waals surface area contributed by atoms with Crippen LogP contribution in [0.2, 0.25) is 0 Å². The van der Waals surface area contributed by atoms with E-state index in [9.17, 15) is 37.5 Å².